The number of imidazole rings is 3. The lowest BCUT2D eigenvalue weighted by atomic mass is 10.0. The molecular weight excluding hydrogens is 482 g/mol. The van der Waals surface area contributed by atoms with E-state index >= 15 is 0 Å². The minimum atomic E-state index is 0.941. The van der Waals surface area contributed by atoms with E-state index in [1.54, 1.807) is 0 Å². The lowest BCUT2D eigenvalue weighted by Gasteiger charge is -2.16. The maximum Gasteiger partial charge on any atom is 0.100 e. The van der Waals surface area contributed by atoms with Crippen LogP contribution >= 0.6 is 0 Å². The molecule has 0 spiro atoms. The number of nitrogens with zero attached hydrogens (tertiary/aromatic N) is 7. The number of pyridine rings is 1. The Morgan fingerprint density at radius 2 is 0.974 bits per heavy atom. The number of hydrogen-bond donors (Lipinski definition) is 0. The van der Waals surface area contributed by atoms with Gasteiger partial charge in [-0.3, -0.25) is 18.7 Å². The molecule has 0 unspecified atom stereocenters. The normalized spacial score (nSPS) is 11.6. The van der Waals surface area contributed by atoms with Crippen molar-refractivity contribution in [3.8, 4) is 28.2 Å². The molecule has 0 radical (unpaired) electrons. The molecular formula is C32H21N7. The summed E-state index contributed by atoms with van der Waals surface area (Å²) in [7, 11) is 0. The molecule has 0 N–H and O–H groups in total. The van der Waals surface area contributed by atoms with Gasteiger partial charge in [-0.1, -0.05) is 36.4 Å². The number of benzene rings is 4. The minimum Gasteiger partial charge on any atom is -0.299 e. The van der Waals surface area contributed by atoms with Crippen LogP contribution in [-0.4, -0.2) is 33.6 Å². The summed E-state index contributed by atoms with van der Waals surface area (Å²) in [5.74, 6) is 0. The van der Waals surface area contributed by atoms with Crippen LogP contribution in [0.3, 0.4) is 0 Å². The Hall–Kier alpha value is -5.56. The summed E-state index contributed by atoms with van der Waals surface area (Å²) >= 11 is 0. The van der Waals surface area contributed by atoms with E-state index in [1.165, 1.54) is 0 Å². The molecule has 8 aromatic rings. The molecule has 4 aromatic heterocycles. The zero-order chi connectivity index (χ0) is 25.8. The third-order valence-electron chi connectivity index (χ3n) is 7.19. The van der Waals surface area contributed by atoms with Crippen molar-refractivity contribution in [2.24, 2.45) is 0 Å². The average molecular weight is 504 g/mol. The van der Waals surface area contributed by atoms with Crippen molar-refractivity contribution in [1.82, 2.24) is 33.6 Å². The van der Waals surface area contributed by atoms with E-state index in [9.17, 15) is 0 Å². The molecule has 7 heteroatoms. The van der Waals surface area contributed by atoms with Gasteiger partial charge in [0.1, 0.15) is 19.0 Å². The zero-order valence-corrected chi connectivity index (χ0v) is 20.8. The molecule has 184 valence electrons. The molecule has 0 saturated heterocycles. The van der Waals surface area contributed by atoms with Gasteiger partial charge in [0.25, 0.3) is 0 Å². The van der Waals surface area contributed by atoms with Gasteiger partial charge >= 0.3 is 0 Å². The first kappa shape index (κ1) is 21.5. The van der Waals surface area contributed by atoms with E-state index in [4.69, 9.17) is 0 Å². The van der Waals surface area contributed by atoms with E-state index in [1.807, 2.05) is 86.0 Å². The molecule has 0 fully saturated rings. The quantitative estimate of drug-likeness (QED) is 0.266. The van der Waals surface area contributed by atoms with Gasteiger partial charge in [0.15, 0.2) is 0 Å². The predicted octanol–water partition coefficient (Wildman–Crippen LogP) is 6.77. The van der Waals surface area contributed by atoms with Crippen LogP contribution in [0, 0.1) is 0 Å². The van der Waals surface area contributed by atoms with Crippen LogP contribution in [-0.2, 0) is 0 Å². The summed E-state index contributed by atoms with van der Waals surface area (Å²) in [6.07, 6.45) is 9.37. The van der Waals surface area contributed by atoms with Crippen molar-refractivity contribution in [3.63, 3.8) is 0 Å². The summed E-state index contributed by atoms with van der Waals surface area (Å²) in [6.45, 7) is 0. The molecule has 0 saturated carbocycles. The van der Waals surface area contributed by atoms with E-state index in [2.05, 4.69) is 76.1 Å². The van der Waals surface area contributed by atoms with Crippen LogP contribution in [0.1, 0.15) is 0 Å². The fourth-order valence-electron chi connectivity index (χ4n) is 5.33. The first-order valence-electron chi connectivity index (χ1n) is 12.7. The molecule has 0 aliphatic rings. The van der Waals surface area contributed by atoms with Gasteiger partial charge in [-0.2, -0.15) is 0 Å². The Morgan fingerprint density at radius 1 is 0.487 bits per heavy atom. The number of aromatic nitrogens is 7. The van der Waals surface area contributed by atoms with E-state index in [-0.39, 0.29) is 0 Å². The van der Waals surface area contributed by atoms with Crippen molar-refractivity contribution in [2.75, 3.05) is 0 Å². The lowest BCUT2D eigenvalue weighted by Crippen LogP contribution is -2.01. The second-order valence-corrected chi connectivity index (χ2v) is 9.44. The summed E-state index contributed by atoms with van der Waals surface area (Å²) < 4.78 is 6.37. The fraction of sp³-hybridized carbons (Fsp3) is 0. The summed E-state index contributed by atoms with van der Waals surface area (Å²) in [5, 5.41) is 0. The highest BCUT2D eigenvalue weighted by Crippen LogP contribution is 2.33. The fourth-order valence-corrected chi connectivity index (χ4v) is 5.33. The Morgan fingerprint density at radius 3 is 1.54 bits per heavy atom. The Bertz CT molecular complexity index is 2060. The first-order valence-corrected chi connectivity index (χ1v) is 12.7. The van der Waals surface area contributed by atoms with Gasteiger partial charge < -0.3 is 0 Å². The van der Waals surface area contributed by atoms with Crippen molar-refractivity contribution in [1.29, 1.82) is 0 Å². The first-order chi connectivity index (χ1) is 19.3. The van der Waals surface area contributed by atoms with Crippen molar-refractivity contribution in [3.05, 3.63) is 128 Å². The van der Waals surface area contributed by atoms with E-state index in [0.717, 1.165) is 61.3 Å². The molecule has 0 amide bonds. The largest absolute Gasteiger partial charge is 0.299 e. The van der Waals surface area contributed by atoms with Gasteiger partial charge in [0.05, 0.1) is 45.0 Å². The number of fused-ring (bicyclic) bond motifs is 3. The molecule has 0 bridgehead atoms. The maximum absolute atomic E-state index is 4.65. The zero-order valence-electron chi connectivity index (χ0n) is 20.8. The van der Waals surface area contributed by atoms with Crippen LogP contribution in [0.15, 0.2) is 128 Å². The monoisotopic (exact) mass is 503 g/mol. The van der Waals surface area contributed by atoms with Crippen molar-refractivity contribution >= 4 is 33.1 Å². The molecule has 8 rings (SSSR count). The second-order valence-electron chi connectivity index (χ2n) is 9.44. The van der Waals surface area contributed by atoms with Crippen molar-refractivity contribution < 1.29 is 0 Å². The maximum atomic E-state index is 4.65. The topological polar surface area (TPSA) is 66.3 Å². The van der Waals surface area contributed by atoms with Crippen LogP contribution in [0.2, 0.25) is 0 Å². The third-order valence-corrected chi connectivity index (χ3v) is 7.19. The Labute approximate surface area is 223 Å². The van der Waals surface area contributed by atoms with Crippen molar-refractivity contribution in [2.45, 2.75) is 0 Å². The molecule has 7 nitrogen and oxygen atoms in total. The van der Waals surface area contributed by atoms with Gasteiger partial charge in [-0.05, 0) is 66.2 Å². The van der Waals surface area contributed by atoms with E-state index in [0.29, 0.717) is 0 Å². The van der Waals surface area contributed by atoms with Crippen LogP contribution in [0.4, 0.5) is 0 Å². The number of para-hydroxylation sites is 6. The summed E-state index contributed by atoms with van der Waals surface area (Å²) in [4.78, 5) is 18.4. The minimum absolute atomic E-state index is 0.941. The van der Waals surface area contributed by atoms with Gasteiger partial charge in [-0.25, -0.2) is 15.0 Å². The standard InChI is InChI=1S/C32H21N7/c1-4-10-29-26(7-1)34-19-37(29)23-15-22(16-24(17-23)38-20-35-27-8-2-5-11-30(27)38)25-13-14-33-18-32(25)39-21-36-28-9-3-6-12-31(28)39/h1-21H. The molecule has 39 heavy (non-hydrogen) atoms. The van der Waals surface area contributed by atoms with Gasteiger partial charge in [-0.15, -0.1) is 0 Å². The molecule has 4 heterocycles. The van der Waals surface area contributed by atoms with E-state index < -0.39 is 0 Å². The lowest BCUT2D eigenvalue weighted by molar-refractivity contribution is 1.05. The van der Waals surface area contributed by atoms with Gasteiger partial charge in [0.2, 0.25) is 0 Å². The number of hydrogen-bond acceptors (Lipinski definition) is 4. The SMILES string of the molecule is c1ccc2c(c1)ncn2-c1cc(-c2ccncc2-n2cnc3ccccc32)cc(-n2cnc3ccccc32)c1. The molecule has 0 aliphatic carbocycles. The third kappa shape index (κ3) is 3.44. The summed E-state index contributed by atoms with van der Waals surface area (Å²) in [5.41, 5.74) is 11.0. The van der Waals surface area contributed by atoms with Crippen LogP contribution in [0.5, 0.6) is 0 Å². The van der Waals surface area contributed by atoms with Gasteiger partial charge in [0, 0.05) is 23.1 Å². The smallest absolute Gasteiger partial charge is 0.100 e. The Balaban J connectivity index is 1.40. The Kier molecular flexibility index (Phi) is 4.69. The highest BCUT2D eigenvalue weighted by atomic mass is 15.1. The molecule has 4 aromatic carbocycles. The summed E-state index contributed by atoms with van der Waals surface area (Å²) in [6, 6.07) is 33.1. The van der Waals surface area contributed by atoms with Crippen LogP contribution < -0.4 is 0 Å². The highest BCUT2D eigenvalue weighted by Gasteiger charge is 2.15. The second kappa shape index (κ2) is 8.49. The highest BCUT2D eigenvalue weighted by molar-refractivity contribution is 5.84. The molecule has 0 atom stereocenters. The molecule has 0 aliphatic heterocycles. The van der Waals surface area contributed by atoms with Crippen LogP contribution in [0.25, 0.3) is 61.3 Å². The average Bonchev–Trinajstić information content (AvgIpc) is 3.74. The predicted molar refractivity (Wildman–Crippen MR) is 154 cm³/mol. The number of rotatable bonds is 4.